The first kappa shape index (κ1) is 8.77. The van der Waals surface area contributed by atoms with Crippen molar-refractivity contribution >= 4 is 11.9 Å². The van der Waals surface area contributed by atoms with Crippen LogP contribution in [0.2, 0.25) is 0 Å². The largest absolute Gasteiger partial charge is 0.463 e. The molecule has 0 saturated heterocycles. The van der Waals surface area contributed by atoms with Crippen molar-refractivity contribution in [3.05, 3.63) is 12.2 Å². The van der Waals surface area contributed by atoms with Gasteiger partial charge in [-0.1, -0.05) is 0 Å². The van der Waals surface area contributed by atoms with Gasteiger partial charge < -0.3 is 9.47 Å². The van der Waals surface area contributed by atoms with Crippen molar-refractivity contribution in [3.63, 3.8) is 0 Å². The maximum Gasteiger partial charge on any atom is 0.331 e. The lowest BCUT2D eigenvalue weighted by atomic mass is 10.3. The maximum absolute atomic E-state index is 10.7. The molecule has 0 N–H and O–H groups in total. The van der Waals surface area contributed by atoms with Gasteiger partial charge in [0.15, 0.2) is 0 Å². The molecule has 0 aliphatic carbocycles. The minimum absolute atomic E-state index is 0.390. The number of hydrogen-bond acceptors (Lipinski definition) is 4. The predicted octanol–water partition coefficient (Wildman–Crippen LogP) is 0.423. The molecule has 66 valence electrons. The Hall–Kier alpha value is -1.32. The van der Waals surface area contributed by atoms with E-state index in [0.717, 1.165) is 25.0 Å². The molecule has 0 radical (unpaired) electrons. The smallest absolute Gasteiger partial charge is 0.331 e. The highest BCUT2D eigenvalue weighted by Gasteiger charge is 2.03. The number of cyclic esters (lactones) is 2. The number of carbonyl (C=O) groups excluding carboxylic acids is 2. The Morgan fingerprint density at radius 1 is 0.917 bits per heavy atom. The van der Waals surface area contributed by atoms with Crippen LogP contribution in [0.15, 0.2) is 12.2 Å². The average Bonchev–Trinajstić information content (AvgIpc) is 2.07. The van der Waals surface area contributed by atoms with Crippen molar-refractivity contribution in [1.29, 1.82) is 0 Å². The zero-order chi connectivity index (χ0) is 8.81. The van der Waals surface area contributed by atoms with Gasteiger partial charge in [0.2, 0.25) is 0 Å². The van der Waals surface area contributed by atoms with Crippen LogP contribution < -0.4 is 0 Å². The van der Waals surface area contributed by atoms with E-state index in [1.54, 1.807) is 0 Å². The Kier molecular flexibility index (Phi) is 3.32. The summed E-state index contributed by atoms with van der Waals surface area (Å²) in [5.74, 6) is -0.984. The highest BCUT2D eigenvalue weighted by atomic mass is 16.5. The van der Waals surface area contributed by atoms with E-state index in [-0.39, 0.29) is 0 Å². The molecule has 4 heteroatoms. The molecule has 4 nitrogen and oxygen atoms in total. The fraction of sp³-hybridized carbons (Fsp3) is 0.500. The second-order valence-electron chi connectivity index (χ2n) is 2.38. The molecular formula is C8H10O4. The number of ether oxygens (including phenoxy) is 2. The zero-order valence-electron chi connectivity index (χ0n) is 6.62. The van der Waals surface area contributed by atoms with E-state index in [0.29, 0.717) is 13.2 Å². The Morgan fingerprint density at radius 2 is 1.33 bits per heavy atom. The lowest BCUT2D eigenvalue weighted by molar-refractivity contribution is -0.142. The third kappa shape index (κ3) is 3.18. The molecule has 0 unspecified atom stereocenters. The van der Waals surface area contributed by atoms with Crippen molar-refractivity contribution in [1.82, 2.24) is 0 Å². The number of esters is 2. The van der Waals surface area contributed by atoms with Gasteiger partial charge in [-0.05, 0) is 12.8 Å². The van der Waals surface area contributed by atoms with E-state index in [1.165, 1.54) is 0 Å². The van der Waals surface area contributed by atoms with E-state index in [2.05, 4.69) is 0 Å². The third-order valence-corrected chi connectivity index (χ3v) is 1.38. The monoisotopic (exact) mass is 170 g/mol. The quantitative estimate of drug-likeness (QED) is 0.494. The highest BCUT2D eigenvalue weighted by Crippen LogP contribution is 1.96. The molecule has 1 rings (SSSR count). The van der Waals surface area contributed by atoms with E-state index in [1.807, 2.05) is 0 Å². The van der Waals surface area contributed by atoms with Crippen molar-refractivity contribution in [2.45, 2.75) is 12.8 Å². The fourth-order valence-electron chi connectivity index (χ4n) is 0.782. The first-order chi connectivity index (χ1) is 5.79. The van der Waals surface area contributed by atoms with Gasteiger partial charge in [0.1, 0.15) is 0 Å². The molecular weight excluding hydrogens is 160 g/mol. The van der Waals surface area contributed by atoms with Crippen LogP contribution in [0.1, 0.15) is 12.8 Å². The van der Waals surface area contributed by atoms with Crippen LogP contribution in [-0.4, -0.2) is 25.2 Å². The van der Waals surface area contributed by atoms with Gasteiger partial charge in [0, 0.05) is 12.2 Å². The SMILES string of the molecule is O=C1/C=C\C(=O)OCCCCO1. The standard InChI is InChI=1S/C8H10O4/c9-7-3-4-8(10)12-6-2-1-5-11-7/h3-4H,1-2,5-6H2/b4-3-. The molecule has 1 heterocycles. The molecule has 0 atom stereocenters. The summed E-state index contributed by atoms with van der Waals surface area (Å²) in [7, 11) is 0. The summed E-state index contributed by atoms with van der Waals surface area (Å²) in [6, 6.07) is 0. The van der Waals surface area contributed by atoms with Gasteiger partial charge in [-0.2, -0.15) is 0 Å². The summed E-state index contributed by atoms with van der Waals surface area (Å²) in [6.45, 7) is 0.779. The van der Waals surface area contributed by atoms with Crippen LogP contribution in [0, 0.1) is 0 Å². The molecule has 0 aromatic carbocycles. The predicted molar refractivity (Wildman–Crippen MR) is 40.3 cm³/mol. The van der Waals surface area contributed by atoms with Crippen LogP contribution >= 0.6 is 0 Å². The normalized spacial score (nSPS) is 22.3. The summed E-state index contributed by atoms with van der Waals surface area (Å²) in [5.41, 5.74) is 0. The molecule has 1 aliphatic heterocycles. The summed E-state index contributed by atoms with van der Waals surface area (Å²) in [4.78, 5) is 21.5. The van der Waals surface area contributed by atoms with Crippen molar-refractivity contribution in [3.8, 4) is 0 Å². The molecule has 0 saturated carbocycles. The van der Waals surface area contributed by atoms with Crippen molar-refractivity contribution < 1.29 is 19.1 Å². The van der Waals surface area contributed by atoms with Gasteiger partial charge in [-0.3, -0.25) is 0 Å². The minimum atomic E-state index is -0.492. The number of rotatable bonds is 0. The fourth-order valence-corrected chi connectivity index (χ4v) is 0.782. The first-order valence-corrected chi connectivity index (χ1v) is 3.80. The average molecular weight is 170 g/mol. The van der Waals surface area contributed by atoms with Gasteiger partial charge in [-0.15, -0.1) is 0 Å². The second-order valence-corrected chi connectivity index (χ2v) is 2.38. The Morgan fingerprint density at radius 3 is 1.75 bits per heavy atom. The summed E-state index contributed by atoms with van der Waals surface area (Å²) in [5, 5.41) is 0. The summed E-state index contributed by atoms with van der Waals surface area (Å²) in [6.07, 6.45) is 3.61. The lowest BCUT2D eigenvalue weighted by Gasteiger charge is -2.05. The van der Waals surface area contributed by atoms with Crippen LogP contribution in [0.3, 0.4) is 0 Å². The Bertz CT molecular complexity index is 185. The summed E-state index contributed by atoms with van der Waals surface area (Å²) >= 11 is 0. The molecule has 1 aliphatic rings. The van der Waals surface area contributed by atoms with Gasteiger partial charge in [0.05, 0.1) is 13.2 Å². The summed E-state index contributed by atoms with van der Waals surface area (Å²) < 4.78 is 9.47. The Labute approximate surface area is 70.1 Å². The van der Waals surface area contributed by atoms with E-state index in [4.69, 9.17) is 9.47 Å². The van der Waals surface area contributed by atoms with Gasteiger partial charge in [0.25, 0.3) is 0 Å². The van der Waals surface area contributed by atoms with Crippen molar-refractivity contribution in [2.24, 2.45) is 0 Å². The zero-order valence-corrected chi connectivity index (χ0v) is 6.62. The molecule has 0 aromatic rings. The third-order valence-electron chi connectivity index (χ3n) is 1.38. The van der Waals surface area contributed by atoms with Crippen LogP contribution in [-0.2, 0) is 19.1 Å². The van der Waals surface area contributed by atoms with Crippen LogP contribution in [0.25, 0.3) is 0 Å². The van der Waals surface area contributed by atoms with Crippen LogP contribution in [0.4, 0.5) is 0 Å². The van der Waals surface area contributed by atoms with Crippen LogP contribution in [0.5, 0.6) is 0 Å². The molecule has 0 bridgehead atoms. The first-order valence-electron chi connectivity index (χ1n) is 3.80. The maximum atomic E-state index is 10.7. The van der Waals surface area contributed by atoms with E-state index < -0.39 is 11.9 Å². The Balaban J connectivity index is 2.49. The van der Waals surface area contributed by atoms with Gasteiger partial charge in [-0.25, -0.2) is 9.59 Å². The molecule has 12 heavy (non-hydrogen) atoms. The lowest BCUT2D eigenvalue weighted by Crippen LogP contribution is -2.09. The topological polar surface area (TPSA) is 52.6 Å². The number of hydrogen-bond donors (Lipinski definition) is 0. The minimum Gasteiger partial charge on any atom is -0.463 e. The van der Waals surface area contributed by atoms with E-state index >= 15 is 0 Å². The van der Waals surface area contributed by atoms with Gasteiger partial charge >= 0.3 is 11.9 Å². The highest BCUT2D eigenvalue weighted by molar-refractivity contribution is 5.91. The van der Waals surface area contributed by atoms with Crippen molar-refractivity contribution in [2.75, 3.05) is 13.2 Å². The molecule has 0 spiro atoms. The molecule has 0 fully saturated rings. The molecule has 0 aromatic heterocycles. The number of carbonyl (C=O) groups is 2. The van der Waals surface area contributed by atoms with E-state index in [9.17, 15) is 9.59 Å². The second kappa shape index (κ2) is 4.54. The molecule has 0 amide bonds.